The maximum absolute atomic E-state index is 12.4. The molecular formula is C15H29N3O. The standard InChI is InChI=1S/C15H29N3O/c1-6-9-17-13(10-11(4)5)14(16)15(19)18(17)12(7-2)8-3/h11-12H,6-10,16H2,1-5H3. The zero-order chi connectivity index (χ0) is 14.6. The van der Waals surface area contributed by atoms with Gasteiger partial charge in [-0.1, -0.05) is 34.6 Å². The summed E-state index contributed by atoms with van der Waals surface area (Å²) in [5.74, 6) is 0.502. The minimum absolute atomic E-state index is 0.00204. The van der Waals surface area contributed by atoms with Crippen molar-refractivity contribution in [2.24, 2.45) is 5.92 Å². The van der Waals surface area contributed by atoms with Crippen molar-refractivity contribution in [2.75, 3.05) is 5.73 Å². The van der Waals surface area contributed by atoms with E-state index in [9.17, 15) is 4.79 Å². The van der Waals surface area contributed by atoms with Crippen LogP contribution in [0.5, 0.6) is 0 Å². The van der Waals surface area contributed by atoms with Crippen molar-refractivity contribution in [3.8, 4) is 0 Å². The highest BCUT2D eigenvalue weighted by molar-refractivity contribution is 5.42. The third-order valence-electron chi connectivity index (χ3n) is 3.65. The molecule has 4 heteroatoms. The van der Waals surface area contributed by atoms with E-state index < -0.39 is 0 Å². The average molecular weight is 267 g/mol. The smallest absolute Gasteiger partial charge is 0.290 e. The van der Waals surface area contributed by atoms with Crippen molar-refractivity contribution in [3.63, 3.8) is 0 Å². The third-order valence-corrected chi connectivity index (χ3v) is 3.65. The van der Waals surface area contributed by atoms with Gasteiger partial charge in [0.15, 0.2) is 0 Å². The van der Waals surface area contributed by atoms with Gasteiger partial charge in [0.25, 0.3) is 5.56 Å². The van der Waals surface area contributed by atoms with Crippen LogP contribution in [0.15, 0.2) is 4.79 Å². The number of hydrogen-bond acceptors (Lipinski definition) is 2. The molecule has 0 spiro atoms. The molecule has 4 nitrogen and oxygen atoms in total. The average Bonchev–Trinajstić information content (AvgIpc) is 2.58. The molecule has 1 aromatic heterocycles. The molecule has 0 aromatic carbocycles. The lowest BCUT2D eigenvalue weighted by atomic mass is 10.1. The molecule has 0 aliphatic heterocycles. The molecule has 110 valence electrons. The van der Waals surface area contributed by atoms with Gasteiger partial charge in [-0.15, -0.1) is 0 Å². The van der Waals surface area contributed by atoms with Crippen molar-refractivity contribution in [1.29, 1.82) is 0 Å². The second kappa shape index (κ2) is 6.83. The Morgan fingerprint density at radius 1 is 1.16 bits per heavy atom. The molecule has 1 rings (SSSR count). The van der Waals surface area contributed by atoms with Gasteiger partial charge in [0.1, 0.15) is 5.69 Å². The quantitative estimate of drug-likeness (QED) is 0.824. The molecule has 19 heavy (non-hydrogen) atoms. The van der Waals surface area contributed by atoms with Gasteiger partial charge in [-0.3, -0.25) is 9.48 Å². The first kappa shape index (κ1) is 15.9. The van der Waals surface area contributed by atoms with Crippen molar-refractivity contribution in [3.05, 3.63) is 16.0 Å². The highest BCUT2D eigenvalue weighted by Gasteiger charge is 2.21. The fraction of sp³-hybridized carbons (Fsp3) is 0.800. The van der Waals surface area contributed by atoms with Crippen LogP contribution < -0.4 is 11.3 Å². The molecule has 0 bridgehead atoms. The van der Waals surface area contributed by atoms with Gasteiger partial charge < -0.3 is 5.73 Å². The Kier molecular flexibility index (Phi) is 5.70. The maximum atomic E-state index is 12.4. The molecule has 1 heterocycles. The topological polar surface area (TPSA) is 52.9 Å². The van der Waals surface area contributed by atoms with Gasteiger partial charge in [-0.2, -0.15) is 0 Å². The summed E-state index contributed by atoms with van der Waals surface area (Å²) in [5, 5.41) is 0. The van der Waals surface area contributed by atoms with Crippen LogP contribution in [0, 0.1) is 5.92 Å². The SMILES string of the molecule is CCCn1c(CC(C)C)c(N)c(=O)n1C(CC)CC. The normalized spacial score (nSPS) is 11.7. The van der Waals surface area contributed by atoms with Crippen molar-refractivity contribution >= 4 is 5.69 Å². The van der Waals surface area contributed by atoms with Crippen LogP contribution in [0.3, 0.4) is 0 Å². The second-order valence-corrected chi connectivity index (χ2v) is 5.70. The zero-order valence-electron chi connectivity index (χ0n) is 13.1. The first-order chi connectivity index (χ1) is 8.97. The largest absolute Gasteiger partial charge is 0.393 e. The summed E-state index contributed by atoms with van der Waals surface area (Å²) in [7, 11) is 0. The molecular weight excluding hydrogens is 238 g/mol. The summed E-state index contributed by atoms with van der Waals surface area (Å²) >= 11 is 0. The molecule has 0 aliphatic rings. The lowest BCUT2D eigenvalue weighted by molar-refractivity contribution is 0.332. The lowest BCUT2D eigenvalue weighted by Gasteiger charge is -2.21. The molecule has 0 aliphatic carbocycles. The maximum Gasteiger partial charge on any atom is 0.290 e. The molecule has 0 amide bonds. The number of nitrogen functional groups attached to an aromatic ring is 1. The van der Waals surface area contributed by atoms with Crippen LogP contribution in [0.25, 0.3) is 0 Å². The number of rotatable bonds is 7. The predicted molar refractivity (Wildman–Crippen MR) is 81.6 cm³/mol. The number of nitrogens with zero attached hydrogens (tertiary/aromatic N) is 2. The van der Waals surface area contributed by atoms with E-state index in [2.05, 4.69) is 39.3 Å². The minimum Gasteiger partial charge on any atom is -0.393 e. The van der Waals surface area contributed by atoms with Crippen molar-refractivity contribution < 1.29 is 0 Å². The van der Waals surface area contributed by atoms with Gasteiger partial charge in [0, 0.05) is 6.54 Å². The molecule has 0 radical (unpaired) electrons. The van der Waals surface area contributed by atoms with Gasteiger partial charge >= 0.3 is 0 Å². The van der Waals surface area contributed by atoms with Gasteiger partial charge in [0.05, 0.1) is 11.7 Å². The second-order valence-electron chi connectivity index (χ2n) is 5.70. The van der Waals surface area contributed by atoms with E-state index in [1.54, 1.807) is 0 Å². The summed E-state index contributed by atoms with van der Waals surface area (Å²) in [6.45, 7) is 11.6. The Morgan fingerprint density at radius 3 is 2.16 bits per heavy atom. The van der Waals surface area contributed by atoms with Crippen molar-refractivity contribution in [2.45, 2.75) is 72.9 Å². The highest BCUT2D eigenvalue weighted by atomic mass is 16.1. The summed E-state index contributed by atoms with van der Waals surface area (Å²) in [6.07, 6.45) is 3.81. The van der Waals surface area contributed by atoms with E-state index in [4.69, 9.17) is 5.73 Å². The number of hydrogen-bond donors (Lipinski definition) is 1. The lowest BCUT2D eigenvalue weighted by Crippen LogP contribution is -2.28. The van der Waals surface area contributed by atoms with Crippen molar-refractivity contribution in [1.82, 2.24) is 9.36 Å². The van der Waals surface area contributed by atoms with E-state index in [1.807, 2.05) is 4.68 Å². The Hall–Kier alpha value is -1.19. The first-order valence-corrected chi connectivity index (χ1v) is 7.57. The number of nitrogens with two attached hydrogens (primary N) is 1. The third kappa shape index (κ3) is 3.23. The number of aromatic nitrogens is 2. The fourth-order valence-corrected chi connectivity index (χ4v) is 2.68. The Morgan fingerprint density at radius 2 is 1.74 bits per heavy atom. The summed E-state index contributed by atoms with van der Waals surface area (Å²) in [5.41, 5.74) is 7.55. The first-order valence-electron chi connectivity index (χ1n) is 7.57. The fourth-order valence-electron chi connectivity index (χ4n) is 2.68. The van der Waals surface area contributed by atoms with Gasteiger partial charge in [0.2, 0.25) is 0 Å². The van der Waals surface area contributed by atoms with Crippen LogP contribution >= 0.6 is 0 Å². The van der Waals surface area contributed by atoms with E-state index in [1.165, 1.54) is 0 Å². The molecule has 2 N–H and O–H groups in total. The molecule has 0 saturated carbocycles. The van der Waals surface area contributed by atoms with Crippen LogP contribution in [-0.2, 0) is 13.0 Å². The van der Waals surface area contributed by atoms with Crippen LogP contribution in [0.1, 0.15) is 65.6 Å². The monoisotopic (exact) mass is 267 g/mol. The predicted octanol–water partition coefficient (Wildman–Crippen LogP) is 3.20. The van der Waals surface area contributed by atoms with E-state index in [0.29, 0.717) is 11.6 Å². The van der Waals surface area contributed by atoms with E-state index in [0.717, 1.165) is 37.9 Å². The molecule has 0 atom stereocenters. The van der Waals surface area contributed by atoms with Gasteiger partial charge in [-0.05, 0) is 31.6 Å². The molecule has 1 aromatic rings. The molecule has 0 unspecified atom stereocenters. The molecule has 0 fully saturated rings. The van der Waals surface area contributed by atoms with Crippen LogP contribution in [-0.4, -0.2) is 9.36 Å². The Bertz CT molecular complexity index is 453. The van der Waals surface area contributed by atoms with Crippen LogP contribution in [0.4, 0.5) is 5.69 Å². The van der Waals surface area contributed by atoms with Gasteiger partial charge in [-0.25, -0.2) is 4.68 Å². The summed E-state index contributed by atoms with van der Waals surface area (Å²) in [4.78, 5) is 12.4. The summed E-state index contributed by atoms with van der Waals surface area (Å²) < 4.78 is 4.03. The Balaban J connectivity index is 3.40. The zero-order valence-corrected chi connectivity index (χ0v) is 13.1. The van der Waals surface area contributed by atoms with Crippen LogP contribution in [0.2, 0.25) is 0 Å². The number of anilines is 1. The Labute approximate surface area is 116 Å². The summed E-state index contributed by atoms with van der Waals surface area (Å²) in [6, 6.07) is 0.252. The highest BCUT2D eigenvalue weighted by Crippen LogP contribution is 2.21. The minimum atomic E-state index is -0.00204. The van der Waals surface area contributed by atoms with E-state index in [-0.39, 0.29) is 11.6 Å². The van der Waals surface area contributed by atoms with E-state index >= 15 is 0 Å². The molecule has 0 saturated heterocycles.